The molecule has 1 heteroatoms. The summed E-state index contributed by atoms with van der Waals surface area (Å²) in [6, 6.07) is 0.834. The SMILES string of the molecule is CCNC1CCCCCCC1. The molecule has 1 aliphatic carbocycles. The van der Waals surface area contributed by atoms with Crippen LogP contribution >= 0.6 is 0 Å². The van der Waals surface area contributed by atoms with Gasteiger partial charge in [0.1, 0.15) is 0 Å². The summed E-state index contributed by atoms with van der Waals surface area (Å²) in [6.45, 7) is 3.35. The fourth-order valence-electron chi connectivity index (χ4n) is 1.95. The topological polar surface area (TPSA) is 12.0 Å². The van der Waals surface area contributed by atoms with Gasteiger partial charge < -0.3 is 5.32 Å². The Morgan fingerprint density at radius 1 is 1.00 bits per heavy atom. The van der Waals surface area contributed by atoms with Crippen molar-refractivity contribution >= 4 is 0 Å². The standard InChI is InChI=1S/C10H21N/c1-2-11-10-8-6-4-3-5-7-9-10/h10-11H,2-9H2,1H3. The average Bonchev–Trinajstić information content (AvgIpc) is 1.94. The van der Waals surface area contributed by atoms with E-state index in [4.69, 9.17) is 0 Å². The van der Waals surface area contributed by atoms with E-state index in [1.807, 2.05) is 0 Å². The first-order chi connectivity index (χ1) is 5.43. The van der Waals surface area contributed by atoms with Crippen molar-refractivity contribution in [3.63, 3.8) is 0 Å². The molecule has 0 saturated heterocycles. The van der Waals surface area contributed by atoms with E-state index in [1.54, 1.807) is 0 Å². The molecule has 0 amide bonds. The molecule has 1 fully saturated rings. The lowest BCUT2D eigenvalue weighted by Gasteiger charge is -2.19. The largest absolute Gasteiger partial charge is 0.314 e. The monoisotopic (exact) mass is 155 g/mol. The van der Waals surface area contributed by atoms with E-state index in [0.717, 1.165) is 12.6 Å². The maximum atomic E-state index is 3.55. The third kappa shape index (κ3) is 3.76. The minimum absolute atomic E-state index is 0.834. The van der Waals surface area contributed by atoms with Crippen molar-refractivity contribution in [1.82, 2.24) is 5.32 Å². The fourth-order valence-corrected chi connectivity index (χ4v) is 1.95. The highest BCUT2D eigenvalue weighted by Gasteiger charge is 2.08. The first kappa shape index (κ1) is 9.05. The zero-order valence-corrected chi connectivity index (χ0v) is 7.73. The Labute approximate surface area is 70.6 Å². The number of rotatable bonds is 2. The lowest BCUT2D eigenvalue weighted by atomic mass is 9.97. The summed E-state index contributed by atoms with van der Waals surface area (Å²) in [4.78, 5) is 0. The van der Waals surface area contributed by atoms with E-state index >= 15 is 0 Å². The van der Waals surface area contributed by atoms with Gasteiger partial charge in [0, 0.05) is 6.04 Å². The van der Waals surface area contributed by atoms with Gasteiger partial charge in [-0.1, -0.05) is 39.0 Å². The second-order valence-electron chi connectivity index (χ2n) is 3.60. The van der Waals surface area contributed by atoms with Gasteiger partial charge in [-0.05, 0) is 19.4 Å². The van der Waals surface area contributed by atoms with E-state index in [0.29, 0.717) is 0 Å². The summed E-state index contributed by atoms with van der Waals surface area (Å²) in [5.41, 5.74) is 0. The Bertz CT molecular complexity index is 82.9. The second-order valence-corrected chi connectivity index (χ2v) is 3.60. The van der Waals surface area contributed by atoms with Crippen LogP contribution in [0.25, 0.3) is 0 Å². The van der Waals surface area contributed by atoms with Gasteiger partial charge in [0.2, 0.25) is 0 Å². The van der Waals surface area contributed by atoms with Gasteiger partial charge >= 0.3 is 0 Å². The number of nitrogens with one attached hydrogen (secondary N) is 1. The predicted molar refractivity (Wildman–Crippen MR) is 49.8 cm³/mol. The van der Waals surface area contributed by atoms with Crippen LogP contribution < -0.4 is 5.32 Å². The van der Waals surface area contributed by atoms with Crippen molar-refractivity contribution in [2.45, 2.75) is 57.9 Å². The zero-order valence-electron chi connectivity index (χ0n) is 7.73. The molecule has 0 aliphatic heterocycles. The quantitative estimate of drug-likeness (QED) is 0.646. The molecule has 1 N–H and O–H groups in total. The van der Waals surface area contributed by atoms with E-state index in [1.165, 1.54) is 44.9 Å². The van der Waals surface area contributed by atoms with Gasteiger partial charge in [-0.3, -0.25) is 0 Å². The summed E-state index contributed by atoms with van der Waals surface area (Å²) < 4.78 is 0. The van der Waals surface area contributed by atoms with Crippen molar-refractivity contribution in [1.29, 1.82) is 0 Å². The number of hydrogen-bond donors (Lipinski definition) is 1. The van der Waals surface area contributed by atoms with Crippen LogP contribution in [0.5, 0.6) is 0 Å². The second kappa shape index (κ2) is 5.59. The lowest BCUT2D eigenvalue weighted by molar-refractivity contribution is 0.397. The highest BCUT2D eigenvalue weighted by molar-refractivity contribution is 4.68. The molecule has 0 aromatic heterocycles. The first-order valence-corrected chi connectivity index (χ1v) is 5.17. The molecular weight excluding hydrogens is 134 g/mol. The maximum Gasteiger partial charge on any atom is 0.00669 e. The summed E-state index contributed by atoms with van der Waals surface area (Å²) >= 11 is 0. The molecular formula is C10H21N. The van der Waals surface area contributed by atoms with Crippen LogP contribution in [0, 0.1) is 0 Å². The average molecular weight is 155 g/mol. The van der Waals surface area contributed by atoms with Crippen LogP contribution in [0.2, 0.25) is 0 Å². The molecule has 0 aromatic carbocycles. The molecule has 1 nitrogen and oxygen atoms in total. The Balaban J connectivity index is 2.15. The van der Waals surface area contributed by atoms with Crippen molar-refractivity contribution in [3.8, 4) is 0 Å². The fraction of sp³-hybridized carbons (Fsp3) is 1.00. The maximum absolute atomic E-state index is 3.55. The lowest BCUT2D eigenvalue weighted by Crippen LogP contribution is -2.29. The van der Waals surface area contributed by atoms with Crippen LogP contribution in [-0.4, -0.2) is 12.6 Å². The van der Waals surface area contributed by atoms with Gasteiger partial charge in [-0.25, -0.2) is 0 Å². The summed E-state index contributed by atoms with van der Waals surface area (Å²) in [5.74, 6) is 0. The molecule has 0 unspecified atom stereocenters. The van der Waals surface area contributed by atoms with Gasteiger partial charge in [0.25, 0.3) is 0 Å². The normalized spacial score (nSPS) is 22.6. The van der Waals surface area contributed by atoms with Crippen molar-refractivity contribution < 1.29 is 0 Å². The van der Waals surface area contributed by atoms with Gasteiger partial charge in [-0.15, -0.1) is 0 Å². The molecule has 11 heavy (non-hydrogen) atoms. The van der Waals surface area contributed by atoms with E-state index in [2.05, 4.69) is 12.2 Å². The van der Waals surface area contributed by atoms with Gasteiger partial charge in [-0.2, -0.15) is 0 Å². The Morgan fingerprint density at radius 3 is 2.09 bits per heavy atom. The molecule has 0 aromatic rings. The van der Waals surface area contributed by atoms with Crippen LogP contribution in [0.15, 0.2) is 0 Å². The van der Waals surface area contributed by atoms with E-state index < -0.39 is 0 Å². The van der Waals surface area contributed by atoms with Gasteiger partial charge in [0.15, 0.2) is 0 Å². The zero-order chi connectivity index (χ0) is 7.94. The van der Waals surface area contributed by atoms with Crippen molar-refractivity contribution in [3.05, 3.63) is 0 Å². The van der Waals surface area contributed by atoms with Gasteiger partial charge in [0.05, 0.1) is 0 Å². The summed E-state index contributed by atoms with van der Waals surface area (Å²) in [6.07, 6.45) is 10.1. The summed E-state index contributed by atoms with van der Waals surface area (Å²) in [7, 11) is 0. The minimum atomic E-state index is 0.834. The van der Waals surface area contributed by atoms with E-state index in [9.17, 15) is 0 Å². The Hall–Kier alpha value is -0.0400. The third-order valence-corrected chi connectivity index (χ3v) is 2.60. The van der Waals surface area contributed by atoms with Crippen LogP contribution in [0.1, 0.15) is 51.9 Å². The highest BCUT2D eigenvalue weighted by atomic mass is 14.9. The molecule has 0 spiro atoms. The van der Waals surface area contributed by atoms with Crippen molar-refractivity contribution in [2.75, 3.05) is 6.54 Å². The molecule has 1 saturated carbocycles. The van der Waals surface area contributed by atoms with E-state index in [-0.39, 0.29) is 0 Å². The van der Waals surface area contributed by atoms with Crippen molar-refractivity contribution in [2.24, 2.45) is 0 Å². The minimum Gasteiger partial charge on any atom is -0.314 e. The number of hydrogen-bond acceptors (Lipinski definition) is 1. The Morgan fingerprint density at radius 2 is 1.55 bits per heavy atom. The highest BCUT2D eigenvalue weighted by Crippen LogP contribution is 2.16. The molecule has 1 rings (SSSR count). The van der Waals surface area contributed by atoms with Crippen LogP contribution in [0.4, 0.5) is 0 Å². The smallest absolute Gasteiger partial charge is 0.00669 e. The summed E-state index contributed by atoms with van der Waals surface area (Å²) in [5, 5.41) is 3.55. The molecule has 66 valence electrons. The molecule has 0 heterocycles. The molecule has 1 aliphatic rings. The first-order valence-electron chi connectivity index (χ1n) is 5.17. The predicted octanol–water partition coefficient (Wildman–Crippen LogP) is 2.71. The third-order valence-electron chi connectivity index (χ3n) is 2.60. The Kier molecular flexibility index (Phi) is 4.60. The van der Waals surface area contributed by atoms with Crippen LogP contribution in [0.3, 0.4) is 0 Å². The van der Waals surface area contributed by atoms with Crippen LogP contribution in [-0.2, 0) is 0 Å². The molecule has 0 radical (unpaired) electrons. The molecule has 0 atom stereocenters. The molecule has 0 bridgehead atoms.